The molecule has 0 N–H and O–H groups in total. The van der Waals surface area contributed by atoms with E-state index in [0.29, 0.717) is 11.3 Å². The molecule has 0 spiro atoms. The molecule has 0 aromatic heterocycles. The van der Waals surface area contributed by atoms with Crippen LogP contribution in [0.4, 0.5) is 0 Å². The van der Waals surface area contributed by atoms with Crippen LogP contribution in [0.1, 0.15) is 11.1 Å². The van der Waals surface area contributed by atoms with E-state index in [2.05, 4.69) is 9.44 Å². The molecule has 0 bridgehead atoms. The van der Waals surface area contributed by atoms with Gasteiger partial charge >= 0.3 is 10.1 Å². The minimum absolute atomic E-state index is 0.350. The number of benzene rings is 1. The van der Waals surface area contributed by atoms with E-state index in [4.69, 9.17) is 0 Å². The molecule has 0 radical (unpaired) electrons. The topological polar surface area (TPSA) is 72.8 Å². The number of aryl methyl sites for hydroxylation is 1. The van der Waals surface area contributed by atoms with Gasteiger partial charge in [0, 0.05) is 5.57 Å². The van der Waals surface area contributed by atoms with Gasteiger partial charge in [-0.2, -0.15) is 8.42 Å². The maximum Gasteiger partial charge on any atom is 0.325 e. The second-order valence-electron chi connectivity index (χ2n) is 4.81. The van der Waals surface area contributed by atoms with E-state index in [1.54, 1.807) is 24.3 Å². The van der Waals surface area contributed by atoms with Gasteiger partial charge in [-0.1, -0.05) is 47.1 Å². The van der Waals surface area contributed by atoms with Gasteiger partial charge in [-0.05, 0) is 30.2 Å². The zero-order chi connectivity index (χ0) is 16.2. The molecule has 0 heterocycles. The second kappa shape index (κ2) is 6.53. The number of hydrogen-bond donors (Lipinski definition) is 0. The highest BCUT2D eigenvalue weighted by Crippen LogP contribution is 2.21. The zero-order valence-corrected chi connectivity index (χ0v) is 13.0. The second-order valence-corrected chi connectivity index (χ2v) is 6.37. The lowest BCUT2D eigenvalue weighted by atomic mass is 9.97. The third kappa shape index (κ3) is 4.26. The summed E-state index contributed by atoms with van der Waals surface area (Å²) in [4.78, 5) is 11.4. The summed E-state index contributed by atoms with van der Waals surface area (Å²) >= 11 is 0. The van der Waals surface area contributed by atoms with E-state index in [9.17, 15) is 13.2 Å². The number of nitrogens with zero attached hydrogens (tertiary/aromatic N) is 1. The van der Waals surface area contributed by atoms with Crippen molar-refractivity contribution in [1.82, 2.24) is 0 Å². The van der Waals surface area contributed by atoms with Crippen LogP contribution in [0.25, 0.3) is 5.57 Å². The van der Waals surface area contributed by atoms with Gasteiger partial charge in [0.15, 0.2) is 6.29 Å². The molecule has 6 heteroatoms. The van der Waals surface area contributed by atoms with E-state index >= 15 is 0 Å². The first-order chi connectivity index (χ1) is 10.4. The number of oxime groups is 1. The molecular formula is C16H15NO4S. The number of aldehydes is 1. The van der Waals surface area contributed by atoms with E-state index in [1.165, 1.54) is 0 Å². The fraction of sp³-hybridized carbons (Fsp3) is 0.125. The van der Waals surface area contributed by atoms with Crippen LogP contribution < -0.4 is 0 Å². The van der Waals surface area contributed by atoms with Crippen LogP contribution >= 0.6 is 0 Å². The molecule has 1 aliphatic carbocycles. The predicted molar refractivity (Wildman–Crippen MR) is 85.8 cm³/mol. The van der Waals surface area contributed by atoms with Gasteiger partial charge in [0.25, 0.3) is 0 Å². The molecule has 0 amide bonds. The Morgan fingerprint density at radius 1 is 1.09 bits per heavy atom. The molecule has 0 unspecified atom stereocenters. The lowest BCUT2D eigenvalue weighted by Gasteiger charge is -2.08. The first-order valence-corrected chi connectivity index (χ1v) is 8.30. The molecule has 0 saturated carbocycles. The predicted octanol–water partition coefficient (Wildman–Crippen LogP) is 2.41. The van der Waals surface area contributed by atoms with Crippen molar-refractivity contribution in [2.75, 3.05) is 6.26 Å². The summed E-state index contributed by atoms with van der Waals surface area (Å²) < 4.78 is 26.1. The summed E-state index contributed by atoms with van der Waals surface area (Å²) in [6, 6.07) is 7.62. The first kappa shape index (κ1) is 15.9. The van der Waals surface area contributed by atoms with Crippen LogP contribution in [0.15, 0.2) is 59.3 Å². The van der Waals surface area contributed by atoms with E-state index in [1.807, 2.05) is 31.2 Å². The Labute approximate surface area is 129 Å². The summed E-state index contributed by atoms with van der Waals surface area (Å²) in [5, 5.41) is 3.50. The fourth-order valence-electron chi connectivity index (χ4n) is 1.85. The average molecular weight is 317 g/mol. The molecule has 1 aliphatic rings. The Bertz CT molecular complexity index is 779. The van der Waals surface area contributed by atoms with Crippen molar-refractivity contribution < 1.29 is 17.5 Å². The number of carbonyl (C=O) groups excluding carboxylic acids is 1. The monoisotopic (exact) mass is 317 g/mol. The zero-order valence-electron chi connectivity index (χ0n) is 12.2. The highest BCUT2D eigenvalue weighted by Gasteiger charge is 2.08. The van der Waals surface area contributed by atoms with Crippen molar-refractivity contribution in [3.05, 3.63) is 65.3 Å². The van der Waals surface area contributed by atoms with Gasteiger partial charge in [-0.25, -0.2) is 0 Å². The Balaban J connectivity index is 2.28. The summed E-state index contributed by atoms with van der Waals surface area (Å²) in [7, 11) is -3.63. The Morgan fingerprint density at radius 2 is 1.68 bits per heavy atom. The minimum Gasteiger partial charge on any atom is -0.298 e. The van der Waals surface area contributed by atoms with Crippen LogP contribution in [0.5, 0.6) is 0 Å². The maximum absolute atomic E-state index is 11.4. The third-order valence-corrected chi connectivity index (χ3v) is 3.28. The van der Waals surface area contributed by atoms with Crippen molar-refractivity contribution in [3.63, 3.8) is 0 Å². The summed E-state index contributed by atoms with van der Waals surface area (Å²) in [5.41, 5.74) is 3.55. The third-order valence-electron chi connectivity index (χ3n) is 2.94. The van der Waals surface area contributed by atoms with Crippen LogP contribution in [-0.2, 0) is 19.2 Å². The smallest absolute Gasteiger partial charge is 0.298 e. The SMILES string of the molecule is Cc1ccc(C(C=O)=C2C=CC(=NOS(C)(=O)=O)C=C2)cc1. The quantitative estimate of drug-likeness (QED) is 0.485. The van der Waals surface area contributed by atoms with Gasteiger partial charge in [0.05, 0.1) is 6.26 Å². The lowest BCUT2D eigenvalue weighted by Crippen LogP contribution is -2.02. The number of hydrogen-bond acceptors (Lipinski definition) is 5. The number of allylic oxidation sites excluding steroid dienone is 6. The van der Waals surface area contributed by atoms with Crippen molar-refractivity contribution in [2.45, 2.75) is 6.92 Å². The normalized spacial score (nSPS) is 13.9. The molecule has 114 valence electrons. The molecule has 22 heavy (non-hydrogen) atoms. The Kier molecular flexibility index (Phi) is 4.72. The molecule has 0 fully saturated rings. The minimum atomic E-state index is -3.63. The lowest BCUT2D eigenvalue weighted by molar-refractivity contribution is -0.103. The van der Waals surface area contributed by atoms with Crippen LogP contribution in [0.2, 0.25) is 0 Å². The van der Waals surface area contributed by atoms with Gasteiger partial charge in [-0.15, -0.1) is 0 Å². The van der Waals surface area contributed by atoms with Crippen molar-refractivity contribution >= 4 is 27.7 Å². The molecule has 1 aromatic carbocycles. The average Bonchev–Trinajstić information content (AvgIpc) is 2.48. The van der Waals surface area contributed by atoms with Crippen molar-refractivity contribution in [2.24, 2.45) is 5.16 Å². The molecule has 0 atom stereocenters. The highest BCUT2D eigenvalue weighted by atomic mass is 32.2. The van der Waals surface area contributed by atoms with Crippen molar-refractivity contribution in [3.8, 4) is 0 Å². The van der Waals surface area contributed by atoms with E-state index in [0.717, 1.165) is 29.2 Å². The van der Waals surface area contributed by atoms with Crippen LogP contribution in [0.3, 0.4) is 0 Å². The molecule has 0 aliphatic heterocycles. The highest BCUT2D eigenvalue weighted by molar-refractivity contribution is 7.85. The largest absolute Gasteiger partial charge is 0.325 e. The van der Waals surface area contributed by atoms with Gasteiger partial charge in [0.2, 0.25) is 0 Å². The maximum atomic E-state index is 11.4. The van der Waals surface area contributed by atoms with Gasteiger partial charge in [-0.3, -0.25) is 9.08 Å². The fourth-order valence-corrected chi connectivity index (χ4v) is 2.07. The van der Waals surface area contributed by atoms with Crippen molar-refractivity contribution in [1.29, 1.82) is 0 Å². The molecule has 2 rings (SSSR count). The first-order valence-electron chi connectivity index (χ1n) is 6.48. The molecular weight excluding hydrogens is 302 g/mol. The molecule has 0 saturated heterocycles. The van der Waals surface area contributed by atoms with Crippen LogP contribution in [-0.4, -0.2) is 26.7 Å². The van der Waals surface area contributed by atoms with E-state index in [-0.39, 0.29) is 0 Å². The molecule has 5 nitrogen and oxygen atoms in total. The number of rotatable bonds is 4. The summed E-state index contributed by atoms with van der Waals surface area (Å²) in [6.07, 6.45) is 8.25. The number of carbonyl (C=O) groups is 1. The van der Waals surface area contributed by atoms with Gasteiger partial charge in [0.1, 0.15) is 5.71 Å². The standard InChI is InChI=1S/C16H15NO4S/c1-12-3-5-13(6-4-12)16(11-18)14-7-9-15(10-8-14)17-21-22(2,19)20/h3-11H,1-2H3. The Morgan fingerprint density at radius 3 is 2.18 bits per heavy atom. The van der Waals surface area contributed by atoms with Gasteiger partial charge < -0.3 is 0 Å². The summed E-state index contributed by atoms with van der Waals surface area (Å²) in [5.74, 6) is 0. The molecule has 1 aromatic rings. The van der Waals surface area contributed by atoms with E-state index < -0.39 is 10.1 Å². The Hall–Kier alpha value is -2.47. The summed E-state index contributed by atoms with van der Waals surface area (Å²) in [6.45, 7) is 1.97. The van der Waals surface area contributed by atoms with Crippen LogP contribution in [0, 0.1) is 6.92 Å².